The van der Waals surface area contributed by atoms with Gasteiger partial charge >= 0.3 is 0 Å². The Labute approximate surface area is 156 Å². The van der Waals surface area contributed by atoms with Crippen LogP contribution < -0.4 is 10.6 Å². The van der Waals surface area contributed by atoms with E-state index >= 15 is 0 Å². The van der Waals surface area contributed by atoms with E-state index in [1.807, 2.05) is 62.4 Å². The average Bonchev–Trinajstić information content (AvgIpc) is 2.60. The molecule has 2 aromatic rings. The van der Waals surface area contributed by atoms with Crippen molar-refractivity contribution in [3.05, 3.63) is 75.4 Å². The van der Waals surface area contributed by atoms with Gasteiger partial charge in [-0.1, -0.05) is 40.2 Å². The van der Waals surface area contributed by atoms with Crippen LogP contribution in [0, 0.1) is 25.2 Å². The molecule has 0 unspecified atom stereocenters. The fraction of sp³-hybridized carbons (Fsp3) is 0.200. The smallest absolute Gasteiger partial charge is 0.267 e. The highest BCUT2D eigenvalue weighted by Crippen LogP contribution is 2.18. The third-order valence-electron chi connectivity index (χ3n) is 3.94. The van der Waals surface area contributed by atoms with Crippen molar-refractivity contribution < 1.29 is 4.79 Å². The number of rotatable bonds is 6. The molecule has 0 saturated carbocycles. The summed E-state index contributed by atoms with van der Waals surface area (Å²) in [5, 5.41) is 15.0. The zero-order valence-corrected chi connectivity index (χ0v) is 15.9. The van der Waals surface area contributed by atoms with Crippen molar-refractivity contribution in [2.75, 3.05) is 11.9 Å². The van der Waals surface area contributed by atoms with Crippen LogP contribution in [0.25, 0.3) is 0 Å². The van der Waals surface area contributed by atoms with Crippen LogP contribution in [0.3, 0.4) is 0 Å². The third kappa shape index (κ3) is 5.47. The molecule has 5 heteroatoms. The Kier molecular flexibility index (Phi) is 6.79. The number of nitrogens with one attached hydrogen (secondary N) is 2. The largest absolute Gasteiger partial charge is 0.389 e. The maximum atomic E-state index is 12.3. The molecule has 25 heavy (non-hydrogen) atoms. The molecule has 0 heterocycles. The van der Waals surface area contributed by atoms with Crippen molar-refractivity contribution in [2.24, 2.45) is 0 Å². The summed E-state index contributed by atoms with van der Waals surface area (Å²) < 4.78 is 1.04. The van der Waals surface area contributed by atoms with E-state index in [0.717, 1.165) is 27.7 Å². The van der Waals surface area contributed by atoms with Crippen LogP contribution in [0.1, 0.15) is 16.7 Å². The van der Waals surface area contributed by atoms with Crippen molar-refractivity contribution in [2.45, 2.75) is 20.3 Å². The van der Waals surface area contributed by atoms with Crippen LogP contribution in [-0.2, 0) is 11.2 Å². The van der Waals surface area contributed by atoms with E-state index in [-0.39, 0.29) is 5.57 Å². The van der Waals surface area contributed by atoms with Crippen molar-refractivity contribution in [3.63, 3.8) is 0 Å². The lowest BCUT2D eigenvalue weighted by atomic mass is 10.1. The number of aryl methyl sites for hydroxylation is 1. The summed E-state index contributed by atoms with van der Waals surface area (Å²) in [6, 6.07) is 15.7. The van der Waals surface area contributed by atoms with E-state index in [1.54, 1.807) is 0 Å². The SMILES string of the molecule is Cc1cccc(NC(=O)/C(C#N)=C\NCCc2ccc(Br)cc2)c1C. The van der Waals surface area contributed by atoms with E-state index in [1.165, 1.54) is 11.8 Å². The number of amides is 1. The van der Waals surface area contributed by atoms with Crippen molar-refractivity contribution in [3.8, 4) is 6.07 Å². The van der Waals surface area contributed by atoms with Gasteiger partial charge < -0.3 is 10.6 Å². The Balaban J connectivity index is 1.92. The number of benzene rings is 2. The van der Waals surface area contributed by atoms with Crippen LogP contribution in [0.15, 0.2) is 58.7 Å². The molecule has 0 radical (unpaired) electrons. The minimum atomic E-state index is -0.410. The van der Waals surface area contributed by atoms with Crippen molar-refractivity contribution in [1.29, 1.82) is 5.26 Å². The lowest BCUT2D eigenvalue weighted by Gasteiger charge is -2.10. The van der Waals surface area contributed by atoms with Gasteiger partial charge in [0.25, 0.3) is 5.91 Å². The third-order valence-corrected chi connectivity index (χ3v) is 4.46. The number of hydrogen-bond acceptors (Lipinski definition) is 3. The molecule has 0 spiro atoms. The number of hydrogen-bond donors (Lipinski definition) is 2. The monoisotopic (exact) mass is 397 g/mol. The minimum Gasteiger partial charge on any atom is -0.389 e. The Morgan fingerprint density at radius 2 is 1.92 bits per heavy atom. The summed E-state index contributed by atoms with van der Waals surface area (Å²) in [6.07, 6.45) is 2.28. The summed E-state index contributed by atoms with van der Waals surface area (Å²) >= 11 is 3.40. The zero-order valence-electron chi connectivity index (χ0n) is 14.3. The summed E-state index contributed by atoms with van der Waals surface area (Å²) in [5.74, 6) is -0.410. The summed E-state index contributed by atoms with van der Waals surface area (Å²) in [5.41, 5.74) is 4.05. The predicted molar refractivity (Wildman–Crippen MR) is 104 cm³/mol. The summed E-state index contributed by atoms with van der Waals surface area (Å²) in [7, 11) is 0. The Morgan fingerprint density at radius 3 is 2.60 bits per heavy atom. The number of carbonyl (C=O) groups excluding carboxylic acids is 1. The van der Waals surface area contributed by atoms with Gasteiger partial charge in [-0.2, -0.15) is 5.26 Å². The molecule has 2 aromatic carbocycles. The number of nitrogens with zero attached hydrogens (tertiary/aromatic N) is 1. The predicted octanol–water partition coefficient (Wildman–Crippen LogP) is 4.24. The van der Waals surface area contributed by atoms with E-state index in [2.05, 4.69) is 26.6 Å². The van der Waals surface area contributed by atoms with E-state index in [0.29, 0.717) is 6.54 Å². The molecule has 0 aliphatic carbocycles. The van der Waals surface area contributed by atoms with Gasteiger partial charge in [-0.3, -0.25) is 4.79 Å². The second kappa shape index (κ2) is 9.05. The van der Waals surface area contributed by atoms with Gasteiger partial charge in [0.1, 0.15) is 11.6 Å². The van der Waals surface area contributed by atoms with Gasteiger partial charge in [0.05, 0.1) is 0 Å². The van der Waals surface area contributed by atoms with Crippen LogP contribution in [-0.4, -0.2) is 12.5 Å². The first kappa shape index (κ1) is 18.8. The summed E-state index contributed by atoms with van der Waals surface area (Å²) in [6.45, 7) is 4.57. The fourth-order valence-corrected chi connectivity index (χ4v) is 2.53. The van der Waals surface area contributed by atoms with E-state index in [9.17, 15) is 10.1 Å². The molecule has 0 aliphatic rings. The van der Waals surface area contributed by atoms with E-state index in [4.69, 9.17) is 0 Å². The molecular weight excluding hydrogens is 378 g/mol. The van der Waals surface area contributed by atoms with Crippen LogP contribution in [0.4, 0.5) is 5.69 Å². The molecule has 4 nitrogen and oxygen atoms in total. The number of nitriles is 1. The van der Waals surface area contributed by atoms with Gasteiger partial charge in [0.15, 0.2) is 0 Å². The summed E-state index contributed by atoms with van der Waals surface area (Å²) in [4.78, 5) is 12.3. The minimum absolute atomic E-state index is 0.0525. The zero-order chi connectivity index (χ0) is 18.2. The molecule has 1 amide bonds. The maximum absolute atomic E-state index is 12.3. The first-order chi connectivity index (χ1) is 12.0. The van der Waals surface area contributed by atoms with Gasteiger partial charge in [0.2, 0.25) is 0 Å². The average molecular weight is 398 g/mol. The highest BCUT2D eigenvalue weighted by molar-refractivity contribution is 9.10. The Morgan fingerprint density at radius 1 is 1.20 bits per heavy atom. The first-order valence-corrected chi connectivity index (χ1v) is 8.76. The highest BCUT2D eigenvalue weighted by atomic mass is 79.9. The van der Waals surface area contributed by atoms with Crippen molar-refractivity contribution in [1.82, 2.24) is 5.32 Å². The first-order valence-electron chi connectivity index (χ1n) is 7.97. The van der Waals surface area contributed by atoms with Crippen LogP contribution in [0.5, 0.6) is 0 Å². The molecule has 2 rings (SSSR count). The molecule has 0 bridgehead atoms. The van der Waals surface area contributed by atoms with Crippen LogP contribution in [0.2, 0.25) is 0 Å². The topological polar surface area (TPSA) is 64.9 Å². The maximum Gasteiger partial charge on any atom is 0.267 e. The molecule has 128 valence electrons. The number of carbonyl (C=O) groups is 1. The van der Waals surface area contributed by atoms with Gasteiger partial charge in [-0.05, 0) is 55.2 Å². The highest BCUT2D eigenvalue weighted by Gasteiger charge is 2.11. The standard InChI is InChI=1S/C20H20BrN3O/c1-14-4-3-5-19(15(14)2)24-20(25)17(12-22)13-23-11-10-16-6-8-18(21)9-7-16/h3-9,13,23H,10-11H2,1-2H3,(H,24,25)/b17-13-. The molecule has 0 aliphatic heterocycles. The molecule has 0 aromatic heterocycles. The van der Waals surface area contributed by atoms with E-state index < -0.39 is 5.91 Å². The second-order valence-corrected chi connectivity index (χ2v) is 6.62. The van der Waals surface area contributed by atoms with Crippen molar-refractivity contribution >= 4 is 27.5 Å². The molecule has 0 saturated heterocycles. The lowest BCUT2D eigenvalue weighted by molar-refractivity contribution is -0.112. The van der Waals surface area contributed by atoms with Gasteiger partial charge in [0, 0.05) is 22.9 Å². The molecule has 0 fully saturated rings. The molecular formula is C20H20BrN3O. The second-order valence-electron chi connectivity index (χ2n) is 5.70. The number of halogens is 1. The van der Waals surface area contributed by atoms with Gasteiger partial charge in [-0.25, -0.2) is 0 Å². The normalized spacial score (nSPS) is 10.9. The lowest BCUT2D eigenvalue weighted by Crippen LogP contribution is -2.18. The Hall–Kier alpha value is -2.58. The molecule has 2 N–H and O–H groups in total. The molecule has 0 atom stereocenters. The Bertz CT molecular complexity index is 820. The number of anilines is 1. The quantitative estimate of drug-likeness (QED) is 0.435. The van der Waals surface area contributed by atoms with Gasteiger partial charge in [-0.15, -0.1) is 0 Å². The fourth-order valence-electron chi connectivity index (χ4n) is 2.27. The van der Waals surface area contributed by atoms with Crippen LogP contribution >= 0.6 is 15.9 Å².